The van der Waals surface area contributed by atoms with Gasteiger partial charge in [-0.3, -0.25) is 0 Å². The first-order chi connectivity index (χ1) is 6.87. The Balaban J connectivity index is 2.50. The van der Waals surface area contributed by atoms with Gasteiger partial charge in [0.25, 0.3) is 0 Å². The third kappa shape index (κ3) is 4.14. The van der Waals surface area contributed by atoms with Crippen molar-refractivity contribution < 1.29 is 0 Å². The predicted octanol–water partition coefficient (Wildman–Crippen LogP) is 4.11. The highest BCUT2D eigenvalue weighted by molar-refractivity contribution is 4.94. The van der Waals surface area contributed by atoms with Crippen molar-refractivity contribution in [2.75, 3.05) is 0 Å². The van der Waals surface area contributed by atoms with E-state index in [1.165, 1.54) is 44.9 Å². The van der Waals surface area contributed by atoms with Crippen LogP contribution < -0.4 is 5.73 Å². The van der Waals surface area contributed by atoms with Gasteiger partial charge in [0.1, 0.15) is 0 Å². The zero-order valence-corrected chi connectivity index (χ0v) is 11.1. The minimum absolute atomic E-state index is 0.135. The lowest BCUT2D eigenvalue weighted by Gasteiger charge is -2.44. The Labute approximate surface area is 95.8 Å². The van der Waals surface area contributed by atoms with Gasteiger partial charge in [-0.25, -0.2) is 0 Å². The highest BCUT2D eigenvalue weighted by Crippen LogP contribution is 2.42. The van der Waals surface area contributed by atoms with E-state index in [4.69, 9.17) is 5.73 Å². The van der Waals surface area contributed by atoms with Gasteiger partial charge in [0.05, 0.1) is 0 Å². The molecule has 90 valence electrons. The molecular weight excluding hydrogens is 182 g/mol. The highest BCUT2D eigenvalue weighted by atomic mass is 14.8. The summed E-state index contributed by atoms with van der Waals surface area (Å²) in [6.45, 7) is 9.38. The molecule has 0 bridgehead atoms. The largest absolute Gasteiger partial charge is 0.325 e. The summed E-state index contributed by atoms with van der Waals surface area (Å²) in [5.74, 6) is 0.800. The first-order valence-corrected chi connectivity index (χ1v) is 6.66. The van der Waals surface area contributed by atoms with E-state index in [2.05, 4.69) is 27.7 Å². The van der Waals surface area contributed by atoms with Crippen LogP contribution in [0.3, 0.4) is 0 Å². The summed E-state index contributed by atoms with van der Waals surface area (Å²) >= 11 is 0. The second-order valence-corrected chi connectivity index (χ2v) is 6.65. The van der Waals surface area contributed by atoms with E-state index >= 15 is 0 Å². The summed E-state index contributed by atoms with van der Waals surface area (Å²) in [4.78, 5) is 0. The quantitative estimate of drug-likeness (QED) is 0.744. The molecule has 2 N–H and O–H groups in total. The zero-order chi connectivity index (χ0) is 11.5. The first-order valence-electron chi connectivity index (χ1n) is 6.66. The van der Waals surface area contributed by atoms with Crippen LogP contribution in [0.4, 0.5) is 0 Å². The first kappa shape index (κ1) is 13.0. The number of rotatable bonds is 4. The molecule has 1 nitrogen and oxygen atoms in total. The van der Waals surface area contributed by atoms with Crippen LogP contribution in [0, 0.1) is 11.3 Å². The topological polar surface area (TPSA) is 26.0 Å². The lowest BCUT2D eigenvalue weighted by Crippen LogP contribution is -2.47. The predicted molar refractivity (Wildman–Crippen MR) is 67.9 cm³/mol. The Morgan fingerprint density at radius 2 is 1.93 bits per heavy atom. The van der Waals surface area contributed by atoms with Gasteiger partial charge >= 0.3 is 0 Å². The van der Waals surface area contributed by atoms with E-state index in [0.29, 0.717) is 5.41 Å². The molecule has 0 aromatic carbocycles. The normalized spacial score (nSPS) is 32.6. The maximum absolute atomic E-state index is 6.57. The SMILES string of the molecule is CCCC(C)CC1(N)CCCC(C)(C)C1. The van der Waals surface area contributed by atoms with E-state index in [9.17, 15) is 0 Å². The van der Waals surface area contributed by atoms with Crippen molar-refractivity contribution in [1.29, 1.82) is 0 Å². The van der Waals surface area contributed by atoms with Crippen molar-refractivity contribution in [1.82, 2.24) is 0 Å². The Morgan fingerprint density at radius 1 is 1.27 bits per heavy atom. The summed E-state index contributed by atoms with van der Waals surface area (Å²) in [6.07, 6.45) is 8.99. The van der Waals surface area contributed by atoms with Gasteiger partial charge in [-0.05, 0) is 37.0 Å². The van der Waals surface area contributed by atoms with E-state index in [0.717, 1.165) is 5.92 Å². The van der Waals surface area contributed by atoms with E-state index in [-0.39, 0.29) is 5.54 Å². The van der Waals surface area contributed by atoms with Crippen LogP contribution in [0.2, 0.25) is 0 Å². The Bertz CT molecular complexity index is 198. The van der Waals surface area contributed by atoms with Crippen molar-refractivity contribution >= 4 is 0 Å². The smallest absolute Gasteiger partial charge is 0.0162 e. The lowest BCUT2D eigenvalue weighted by atomic mass is 9.66. The van der Waals surface area contributed by atoms with Crippen molar-refractivity contribution in [2.45, 2.75) is 78.2 Å². The van der Waals surface area contributed by atoms with Gasteiger partial charge in [-0.15, -0.1) is 0 Å². The van der Waals surface area contributed by atoms with Crippen LogP contribution in [-0.2, 0) is 0 Å². The second-order valence-electron chi connectivity index (χ2n) is 6.65. The molecule has 1 rings (SSSR count). The molecular formula is C14H29N. The molecule has 0 amide bonds. The third-order valence-electron chi connectivity index (χ3n) is 3.90. The van der Waals surface area contributed by atoms with Gasteiger partial charge in [-0.1, -0.05) is 47.0 Å². The molecule has 1 saturated carbocycles. The highest BCUT2D eigenvalue weighted by Gasteiger charge is 2.37. The van der Waals surface area contributed by atoms with E-state index in [1.54, 1.807) is 0 Å². The fourth-order valence-corrected chi connectivity index (χ4v) is 3.51. The van der Waals surface area contributed by atoms with Gasteiger partial charge < -0.3 is 5.73 Å². The van der Waals surface area contributed by atoms with Gasteiger partial charge in [0.15, 0.2) is 0 Å². The van der Waals surface area contributed by atoms with Crippen molar-refractivity contribution in [3.05, 3.63) is 0 Å². The summed E-state index contributed by atoms with van der Waals surface area (Å²) in [5.41, 5.74) is 7.17. The number of hydrogen-bond acceptors (Lipinski definition) is 1. The zero-order valence-electron chi connectivity index (χ0n) is 11.1. The van der Waals surface area contributed by atoms with Gasteiger partial charge in [0, 0.05) is 5.54 Å². The summed E-state index contributed by atoms with van der Waals surface area (Å²) in [5, 5.41) is 0. The molecule has 1 fully saturated rings. The third-order valence-corrected chi connectivity index (χ3v) is 3.90. The maximum Gasteiger partial charge on any atom is 0.0162 e. The summed E-state index contributed by atoms with van der Waals surface area (Å²) in [6, 6.07) is 0. The Morgan fingerprint density at radius 3 is 2.47 bits per heavy atom. The van der Waals surface area contributed by atoms with Crippen LogP contribution in [0.1, 0.15) is 72.6 Å². The molecule has 2 atom stereocenters. The minimum Gasteiger partial charge on any atom is -0.325 e. The molecule has 0 aromatic rings. The Hall–Kier alpha value is -0.0400. The van der Waals surface area contributed by atoms with Crippen LogP contribution in [-0.4, -0.2) is 5.54 Å². The monoisotopic (exact) mass is 211 g/mol. The van der Waals surface area contributed by atoms with Crippen LogP contribution >= 0.6 is 0 Å². The van der Waals surface area contributed by atoms with Crippen LogP contribution in [0.5, 0.6) is 0 Å². The van der Waals surface area contributed by atoms with Crippen molar-refractivity contribution in [2.24, 2.45) is 17.1 Å². The molecule has 0 aliphatic heterocycles. The van der Waals surface area contributed by atoms with Gasteiger partial charge in [-0.2, -0.15) is 0 Å². The number of hydrogen-bond donors (Lipinski definition) is 1. The molecule has 0 aromatic heterocycles. The molecule has 0 saturated heterocycles. The Kier molecular flexibility index (Phi) is 4.22. The van der Waals surface area contributed by atoms with Crippen LogP contribution in [0.15, 0.2) is 0 Å². The van der Waals surface area contributed by atoms with Crippen molar-refractivity contribution in [3.8, 4) is 0 Å². The molecule has 0 radical (unpaired) electrons. The van der Waals surface area contributed by atoms with Crippen molar-refractivity contribution in [3.63, 3.8) is 0 Å². The van der Waals surface area contributed by atoms with E-state index < -0.39 is 0 Å². The fraction of sp³-hybridized carbons (Fsp3) is 1.00. The molecule has 1 aliphatic carbocycles. The average Bonchev–Trinajstić information content (AvgIpc) is 1.99. The average molecular weight is 211 g/mol. The molecule has 1 aliphatic rings. The maximum atomic E-state index is 6.57. The van der Waals surface area contributed by atoms with Gasteiger partial charge in [0.2, 0.25) is 0 Å². The lowest BCUT2D eigenvalue weighted by molar-refractivity contribution is 0.129. The molecule has 0 heterocycles. The second kappa shape index (κ2) is 4.86. The molecule has 15 heavy (non-hydrogen) atoms. The summed E-state index contributed by atoms with van der Waals surface area (Å²) in [7, 11) is 0. The van der Waals surface area contributed by atoms with Crippen LogP contribution in [0.25, 0.3) is 0 Å². The summed E-state index contributed by atoms with van der Waals surface area (Å²) < 4.78 is 0. The molecule has 1 heteroatoms. The molecule has 2 unspecified atom stereocenters. The van der Waals surface area contributed by atoms with E-state index in [1.807, 2.05) is 0 Å². The number of nitrogens with two attached hydrogens (primary N) is 1. The fourth-order valence-electron chi connectivity index (χ4n) is 3.51. The molecule has 0 spiro atoms. The standard InChI is InChI=1S/C14H29N/c1-5-7-12(2)10-14(15)9-6-8-13(3,4)11-14/h12H,5-11,15H2,1-4H3. The minimum atomic E-state index is 0.135.